The van der Waals surface area contributed by atoms with Crippen LogP contribution in [0, 0.1) is 5.92 Å². The van der Waals surface area contributed by atoms with Crippen LogP contribution in [0.4, 0.5) is 0 Å². The molecule has 0 atom stereocenters. The number of nitrogens with one attached hydrogen (secondary N) is 1. The van der Waals surface area contributed by atoms with Crippen molar-refractivity contribution < 1.29 is 9.47 Å². The van der Waals surface area contributed by atoms with Crippen LogP contribution in [0.3, 0.4) is 0 Å². The first-order valence-electron chi connectivity index (χ1n) is 7.72. The van der Waals surface area contributed by atoms with Gasteiger partial charge in [-0.05, 0) is 29.2 Å². The molecule has 0 aliphatic carbocycles. The Balaban J connectivity index is 2.10. The van der Waals surface area contributed by atoms with Crippen LogP contribution in [-0.4, -0.2) is 19.9 Å². The molecule has 0 saturated carbocycles. The van der Waals surface area contributed by atoms with Gasteiger partial charge in [-0.3, -0.25) is 0 Å². The van der Waals surface area contributed by atoms with Crippen molar-refractivity contribution in [2.75, 3.05) is 14.2 Å². The van der Waals surface area contributed by atoms with Crippen LogP contribution < -0.4 is 14.9 Å². The summed E-state index contributed by atoms with van der Waals surface area (Å²) >= 11 is 0. The first-order chi connectivity index (χ1) is 11.2. The summed E-state index contributed by atoms with van der Waals surface area (Å²) in [5, 5.41) is 4.58. The number of hydrogen-bond acceptors (Lipinski definition) is 4. The molecule has 0 bridgehead atoms. The fraction of sp³-hybridized carbons (Fsp3) is 0.316. The van der Waals surface area contributed by atoms with E-state index in [9.17, 15) is 0 Å². The van der Waals surface area contributed by atoms with Gasteiger partial charge in [0.05, 0.1) is 26.5 Å². The number of hydrazone groups is 1. The number of ether oxygens (including phenoxy) is 2. The monoisotopic (exact) mass is 312 g/mol. The molecule has 0 aliphatic heterocycles. The van der Waals surface area contributed by atoms with Crippen LogP contribution in [0.5, 0.6) is 11.5 Å². The fourth-order valence-corrected chi connectivity index (χ4v) is 2.34. The highest BCUT2D eigenvalue weighted by molar-refractivity contribution is 6.01. The first-order valence-corrected chi connectivity index (χ1v) is 7.72. The third kappa shape index (κ3) is 4.49. The van der Waals surface area contributed by atoms with E-state index in [1.54, 1.807) is 14.2 Å². The number of hydrogen-bond donors (Lipinski definition) is 1. The van der Waals surface area contributed by atoms with E-state index in [4.69, 9.17) is 9.47 Å². The summed E-state index contributed by atoms with van der Waals surface area (Å²) in [6.07, 6.45) is 0. The standard InChI is InChI=1S/C19H24N2O2/c1-14(2)19(16-8-6-5-7-9-16)21-20-13-15-10-11-17(22-3)18(12-15)23-4/h5-12,14,20H,13H2,1-4H3/b21-19+. The van der Waals surface area contributed by atoms with E-state index in [0.29, 0.717) is 12.5 Å². The van der Waals surface area contributed by atoms with E-state index in [0.717, 1.165) is 28.3 Å². The number of benzene rings is 2. The summed E-state index contributed by atoms with van der Waals surface area (Å²) in [4.78, 5) is 0. The minimum Gasteiger partial charge on any atom is -0.493 e. The molecule has 0 spiro atoms. The Bertz CT molecular complexity index is 652. The smallest absolute Gasteiger partial charge is 0.161 e. The lowest BCUT2D eigenvalue weighted by molar-refractivity contribution is 0.354. The molecule has 2 aromatic carbocycles. The molecule has 4 heteroatoms. The molecule has 0 radical (unpaired) electrons. The van der Waals surface area contributed by atoms with E-state index in [1.807, 2.05) is 36.4 Å². The van der Waals surface area contributed by atoms with Crippen molar-refractivity contribution in [3.05, 3.63) is 59.7 Å². The Hall–Kier alpha value is -2.49. The summed E-state index contributed by atoms with van der Waals surface area (Å²) in [6.45, 7) is 4.91. The van der Waals surface area contributed by atoms with E-state index < -0.39 is 0 Å². The average molecular weight is 312 g/mol. The zero-order valence-electron chi connectivity index (χ0n) is 14.2. The van der Waals surface area contributed by atoms with Gasteiger partial charge in [0.2, 0.25) is 0 Å². The Morgan fingerprint density at radius 3 is 2.30 bits per heavy atom. The zero-order chi connectivity index (χ0) is 16.7. The SMILES string of the molecule is COc1ccc(CN/N=C(/c2ccccc2)C(C)C)cc1OC. The van der Waals surface area contributed by atoms with Gasteiger partial charge < -0.3 is 14.9 Å². The first kappa shape index (κ1) is 16.9. The summed E-state index contributed by atoms with van der Waals surface area (Å²) < 4.78 is 10.6. The average Bonchev–Trinajstić information content (AvgIpc) is 2.58. The maximum absolute atomic E-state index is 5.32. The molecule has 1 N–H and O–H groups in total. The Morgan fingerprint density at radius 2 is 1.70 bits per heavy atom. The molecule has 2 aromatic rings. The van der Waals surface area contributed by atoms with Crippen molar-refractivity contribution in [2.24, 2.45) is 11.0 Å². The maximum Gasteiger partial charge on any atom is 0.161 e. The molecule has 23 heavy (non-hydrogen) atoms. The highest BCUT2D eigenvalue weighted by atomic mass is 16.5. The minimum absolute atomic E-state index is 0.343. The summed E-state index contributed by atoms with van der Waals surface area (Å²) in [5.74, 6) is 1.80. The van der Waals surface area contributed by atoms with Crippen LogP contribution in [0.1, 0.15) is 25.0 Å². The molecule has 122 valence electrons. The normalized spacial score (nSPS) is 11.4. The second-order valence-corrected chi connectivity index (χ2v) is 5.54. The number of methoxy groups -OCH3 is 2. The maximum atomic E-state index is 5.32. The van der Waals surface area contributed by atoms with Crippen molar-refractivity contribution >= 4 is 5.71 Å². The molecule has 0 aliphatic rings. The van der Waals surface area contributed by atoms with Crippen molar-refractivity contribution in [3.8, 4) is 11.5 Å². The van der Waals surface area contributed by atoms with Crippen molar-refractivity contribution in [2.45, 2.75) is 20.4 Å². The largest absolute Gasteiger partial charge is 0.493 e. The lowest BCUT2D eigenvalue weighted by atomic mass is 10.0. The van der Waals surface area contributed by atoms with E-state index in [-0.39, 0.29) is 0 Å². The third-order valence-corrected chi connectivity index (χ3v) is 3.55. The van der Waals surface area contributed by atoms with E-state index in [1.165, 1.54) is 0 Å². The van der Waals surface area contributed by atoms with Crippen LogP contribution >= 0.6 is 0 Å². The van der Waals surface area contributed by atoms with Gasteiger partial charge in [0.15, 0.2) is 11.5 Å². The lowest BCUT2D eigenvalue weighted by Gasteiger charge is -2.12. The van der Waals surface area contributed by atoms with Gasteiger partial charge in [-0.15, -0.1) is 0 Å². The van der Waals surface area contributed by atoms with Crippen LogP contribution in [-0.2, 0) is 6.54 Å². The quantitative estimate of drug-likeness (QED) is 0.624. The van der Waals surface area contributed by atoms with Crippen LogP contribution in [0.25, 0.3) is 0 Å². The molecular weight excluding hydrogens is 288 g/mol. The Labute approximate surface area is 138 Å². The van der Waals surface area contributed by atoms with Gasteiger partial charge in [-0.2, -0.15) is 5.10 Å². The Morgan fingerprint density at radius 1 is 1.00 bits per heavy atom. The molecule has 0 unspecified atom stereocenters. The number of nitrogens with zero attached hydrogens (tertiary/aromatic N) is 1. The highest BCUT2D eigenvalue weighted by Crippen LogP contribution is 2.27. The molecule has 0 heterocycles. The van der Waals surface area contributed by atoms with Gasteiger partial charge in [-0.1, -0.05) is 50.2 Å². The van der Waals surface area contributed by atoms with Crippen molar-refractivity contribution in [1.29, 1.82) is 0 Å². The van der Waals surface area contributed by atoms with Gasteiger partial charge >= 0.3 is 0 Å². The van der Waals surface area contributed by atoms with Gasteiger partial charge in [0, 0.05) is 0 Å². The van der Waals surface area contributed by atoms with Gasteiger partial charge in [0.1, 0.15) is 0 Å². The van der Waals surface area contributed by atoms with Crippen LogP contribution in [0.15, 0.2) is 53.6 Å². The molecule has 0 amide bonds. The summed E-state index contributed by atoms with van der Waals surface area (Å²) in [7, 11) is 3.27. The second kappa shape index (κ2) is 8.22. The van der Waals surface area contributed by atoms with E-state index >= 15 is 0 Å². The summed E-state index contributed by atoms with van der Waals surface area (Å²) in [6, 6.07) is 16.1. The molecule has 0 fully saturated rings. The van der Waals surface area contributed by atoms with E-state index in [2.05, 4.69) is 36.5 Å². The minimum atomic E-state index is 0.343. The zero-order valence-corrected chi connectivity index (χ0v) is 14.2. The lowest BCUT2D eigenvalue weighted by Crippen LogP contribution is -2.16. The molecule has 0 aromatic heterocycles. The fourth-order valence-electron chi connectivity index (χ4n) is 2.34. The highest BCUT2D eigenvalue weighted by Gasteiger charge is 2.08. The molecule has 0 saturated heterocycles. The van der Waals surface area contributed by atoms with Crippen LogP contribution in [0.2, 0.25) is 0 Å². The molecule has 2 rings (SSSR count). The topological polar surface area (TPSA) is 42.8 Å². The van der Waals surface area contributed by atoms with Gasteiger partial charge in [0.25, 0.3) is 0 Å². The van der Waals surface area contributed by atoms with Gasteiger partial charge in [-0.25, -0.2) is 0 Å². The van der Waals surface area contributed by atoms with Crippen molar-refractivity contribution in [3.63, 3.8) is 0 Å². The predicted molar refractivity (Wildman–Crippen MR) is 94.2 cm³/mol. The van der Waals surface area contributed by atoms with Crippen molar-refractivity contribution in [1.82, 2.24) is 5.43 Å². The molecule has 4 nitrogen and oxygen atoms in total. The molecular formula is C19H24N2O2. The third-order valence-electron chi connectivity index (χ3n) is 3.55. The predicted octanol–water partition coefficient (Wildman–Crippen LogP) is 3.85. The Kier molecular flexibility index (Phi) is 6.03. The summed E-state index contributed by atoms with van der Waals surface area (Å²) in [5.41, 5.74) is 6.44. The number of rotatable bonds is 7. The second-order valence-electron chi connectivity index (χ2n) is 5.54.